The second-order valence-corrected chi connectivity index (χ2v) is 6.26. The minimum atomic E-state index is -0.313. The highest BCUT2D eigenvalue weighted by Crippen LogP contribution is 2.29. The van der Waals surface area contributed by atoms with Crippen molar-refractivity contribution in [2.75, 3.05) is 21.0 Å². The van der Waals surface area contributed by atoms with Crippen molar-refractivity contribution in [3.05, 3.63) is 58.4 Å². The fraction of sp³-hybridized carbons (Fsp3) is 0.350. The van der Waals surface area contributed by atoms with Crippen LogP contribution in [-0.2, 0) is 24.4 Å². The van der Waals surface area contributed by atoms with Crippen LogP contribution in [0.15, 0.2) is 35.3 Å². The average Bonchev–Trinajstić information content (AvgIpc) is 2.68. The highest BCUT2D eigenvalue weighted by atomic mass is 19.1. The molecule has 0 saturated carbocycles. The zero-order valence-corrected chi connectivity index (χ0v) is 15.8. The van der Waals surface area contributed by atoms with Gasteiger partial charge < -0.3 is 24.8 Å². The zero-order chi connectivity index (χ0) is 19.2. The minimum absolute atomic E-state index is 0.172. The molecule has 144 valence electrons. The van der Waals surface area contributed by atoms with E-state index in [2.05, 4.69) is 15.6 Å². The van der Waals surface area contributed by atoms with Gasteiger partial charge >= 0.3 is 0 Å². The van der Waals surface area contributed by atoms with E-state index in [4.69, 9.17) is 14.2 Å². The standard InChI is InChI=1S/C20H24FN3O3/c1-13-4-5-14(18(6-13)25-3)9-23-20(22-2)24-10-15-7-17(21)8-16-11-26-12-27-19(15)16/h4-8H,9-12H2,1-3H3,(H2,22,23,24). The maximum absolute atomic E-state index is 13.8. The number of benzene rings is 2. The Morgan fingerprint density at radius 3 is 2.70 bits per heavy atom. The van der Waals surface area contributed by atoms with E-state index in [9.17, 15) is 4.39 Å². The fourth-order valence-corrected chi connectivity index (χ4v) is 2.96. The summed E-state index contributed by atoms with van der Waals surface area (Å²) in [7, 11) is 3.34. The Balaban J connectivity index is 1.64. The Kier molecular flexibility index (Phi) is 6.13. The van der Waals surface area contributed by atoms with E-state index in [0.29, 0.717) is 37.0 Å². The molecule has 0 aliphatic carbocycles. The van der Waals surface area contributed by atoms with Gasteiger partial charge in [0.1, 0.15) is 17.3 Å². The molecule has 0 amide bonds. The quantitative estimate of drug-likeness (QED) is 0.623. The van der Waals surface area contributed by atoms with Crippen molar-refractivity contribution in [2.45, 2.75) is 26.6 Å². The number of guanidine groups is 1. The van der Waals surface area contributed by atoms with Crippen LogP contribution in [0, 0.1) is 12.7 Å². The number of nitrogens with zero attached hydrogens (tertiary/aromatic N) is 1. The maximum Gasteiger partial charge on any atom is 0.191 e. The number of hydrogen-bond acceptors (Lipinski definition) is 4. The van der Waals surface area contributed by atoms with Crippen LogP contribution in [-0.4, -0.2) is 26.9 Å². The first kappa shape index (κ1) is 19.0. The van der Waals surface area contributed by atoms with Crippen molar-refractivity contribution >= 4 is 5.96 Å². The summed E-state index contributed by atoms with van der Waals surface area (Å²) in [6.45, 7) is 3.47. The van der Waals surface area contributed by atoms with Crippen LogP contribution in [0.1, 0.15) is 22.3 Å². The predicted molar refractivity (Wildman–Crippen MR) is 101 cm³/mol. The lowest BCUT2D eigenvalue weighted by Gasteiger charge is -2.21. The third-order valence-corrected chi connectivity index (χ3v) is 4.31. The second kappa shape index (κ2) is 8.73. The topological polar surface area (TPSA) is 64.1 Å². The first-order valence-corrected chi connectivity index (χ1v) is 8.70. The number of methoxy groups -OCH3 is 1. The van der Waals surface area contributed by atoms with E-state index in [-0.39, 0.29) is 12.6 Å². The molecular formula is C20H24FN3O3. The van der Waals surface area contributed by atoms with Crippen LogP contribution in [0.5, 0.6) is 11.5 Å². The van der Waals surface area contributed by atoms with Gasteiger partial charge in [-0.15, -0.1) is 0 Å². The van der Waals surface area contributed by atoms with Crippen LogP contribution < -0.4 is 20.1 Å². The van der Waals surface area contributed by atoms with Crippen LogP contribution >= 0.6 is 0 Å². The van der Waals surface area contributed by atoms with E-state index in [1.807, 2.05) is 25.1 Å². The molecule has 0 fully saturated rings. The SMILES string of the molecule is CN=C(NCc1ccc(C)cc1OC)NCc1cc(F)cc2c1OCOC2. The largest absolute Gasteiger partial charge is 0.496 e. The van der Waals surface area contributed by atoms with Crippen molar-refractivity contribution in [1.29, 1.82) is 0 Å². The minimum Gasteiger partial charge on any atom is -0.496 e. The molecule has 0 unspecified atom stereocenters. The Morgan fingerprint density at radius 2 is 1.96 bits per heavy atom. The van der Waals surface area contributed by atoms with Gasteiger partial charge in [-0.2, -0.15) is 0 Å². The normalized spacial score (nSPS) is 13.6. The van der Waals surface area contributed by atoms with Gasteiger partial charge in [0.15, 0.2) is 12.8 Å². The molecule has 3 rings (SSSR count). The molecule has 1 aliphatic heterocycles. The number of aryl methyl sites for hydroxylation is 1. The summed E-state index contributed by atoms with van der Waals surface area (Å²) in [5.74, 6) is 1.78. The number of nitrogens with one attached hydrogen (secondary N) is 2. The van der Waals surface area contributed by atoms with Crippen molar-refractivity contribution in [3.63, 3.8) is 0 Å². The first-order valence-electron chi connectivity index (χ1n) is 8.70. The van der Waals surface area contributed by atoms with Crippen LogP contribution in [0.3, 0.4) is 0 Å². The molecule has 0 saturated heterocycles. The molecule has 2 aromatic carbocycles. The molecule has 0 radical (unpaired) electrons. The molecule has 0 atom stereocenters. The van der Waals surface area contributed by atoms with Gasteiger partial charge in [0.05, 0.1) is 13.7 Å². The van der Waals surface area contributed by atoms with Gasteiger partial charge in [-0.25, -0.2) is 4.39 Å². The van der Waals surface area contributed by atoms with E-state index >= 15 is 0 Å². The average molecular weight is 373 g/mol. The summed E-state index contributed by atoms with van der Waals surface area (Å²) in [6.07, 6.45) is 0. The van der Waals surface area contributed by atoms with Crippen LogP contribution in [0.25, 0.3) is 0 Å². The van der Waals surface area contributed by atoms with E-state index in [0.717, 1.165) is 22.4 Å². The highest BCUT2D eigenvalue weighted by molar-refractivity contribution is 5.79. The maximum atomic E-state index is 13.8. The molecule has 2 aromatic rings. The monoisotopic (exact) mass is 373 g/mol. The van der Waals surface area contributed by atoms with E-state index in [1.165, 1.54) is 12.1 Å². The van der Waals surface area contributed by atoms with E-state index in [1.54, 1.807) is 14.2 Å². The summed E-state index contributed by atoms with van der Waals surface area (Å²) in [5.41, 5.74) is 3.60. The number of fused-ring (bicyclic) bond motifs is 1. The Morgan fingerprint density at radius 1 is 1.19 bits per heavy atom. The molecule has 1 heterocycles. The molecule has 7 heteroatoms. The molecule has 0 spiro atoms. The van der Waals surface area contributed by atoms with Gasteiger partial charge in [-0.3, -0.25) is 4.99 Å². The third kappa shape index (κ3) is 4.68. The Labute approximate surface area is 158 Å². The lowest BCUT2D eigenvalue weighted by Crippen LogP contribution is -2.36. The molecule has 2 N–H and O–H groups in total. The van der Waals surface area contributed by atoms with Gasteiger partial charge in [-0.1, -0.05) is 12.1 Å². The predicted octanol–water partition coefficient (Wildman–Crippen LogP) is 2.87. The number of aliphatic imine (C=N–C) groups is 1. The number of rotatable bonds is 5. The zero-order valence-electron chi connectivity index (χ0n) is 15.8. The molecule has 0 aromatic heterocycles. The first-order chi connectivity index (χ1) is 13.1. The van der Waals surface area contributed by atoms with Crippen molar-refractivity contribution in [1.82, 2.24) is 10.6 Å². The highest BCUT2D eigenvalue weighted by Gasteiger charge is 2.17. The number of halogens is 1. The Hall–Kier alpha value is -2.80. The lowest BCUT2D eigenvalue weighted by molar-refractivity contribution is -0.0172. The third-order valence-electron chi connectivity index (χ3n) is 4.31. The Bertz CT molecular complexity index is 839. The smallest absolute Gasteiger partial charge is 0.191 e. The number of ether oxygens (including phenoxy) is 3. The van der Waals surface area contributed by atoms with Crippen LogP contribution in [0.2, 0.25) is 0 Å². The summed E-state index contributed by atoms with van der Waals surface area (Å²) in [4.78, 5) is 4.22. The van der Waals surface area contributed by atoms with Gasteiger partial charge in [0.25, 0.3) is 0 Å². The summed E-state index contributed by atoms with van der Waals surface area (Å²) in [5, 5.41) is 6.44. The van der Waals surface area contributed by atoms with E-state index < -0.39 is 0 Å². The molecular weight excluding hydrogens is 349 g/mol. The molecule has 1 aliphatic rings. The van der Waals surface area contributed by atoms with Crippen LogP contribution in [0.4, 0.5) is 4.39 Å². The molecule has 27 heavy (non-hydrogen) atoms. The summed E-state index contributed by atoms with van der Waals surface area (Å²) < 4.78 is 30.0. The lowest BCUT2D eigenvalue weighted by atomic mass is 10.1. The summed E-state index contributed by atoms with van der Waals surface area (Å²) >= 11 is 0. The number of hydrogen-bond donors (Lipinski definition) is 2. The summed E-state index contributed by atoms with van der Waals surface area (Å²) in [6, 6.07) is 8.95. The van der Waals surface area contributed by atoms with Crippen molar-refractivity contribution < 1.29 is 18.6 Å². The molecule has 0 bridgehead atoms. The molecule has 6 nitrogen and oxygen atoms in total. The van der Waals surface area contributed by atoms with Crippen molar-refractivity contribution in [2.24, 2.45) is 4.99 Å². The second-order valence-electron chi connectivity index (χ2n) is 6.26. The van der Waals surface area contributed by atoms with Gasteiger partial charge in [0, 0.05) is 36.8 Å². The van der Waals surface area contributed by atoms with Gasteiger partial charge in [0.2, 0.25) is 0 Å². The fourth-order valence-electron chi connectivity index (χ4n) is 2.96. The van der Waals surface area contributed by atoms with Gasteiger partial charge in [-0.05, 0) is 30.7 Å². The van der Waals surface area contributed by atoms with Crippen molar-refractivity contribution in [3.8, 4) is 11.5 Å².